The molecule has 0 bridgehead atoms. The van der Waals surface area contributed by atoms with E-state index in [-0.39, 0.29) is 17.8 Å². The van der Waals surface area contributed by atoms with Crippen molar-refractivity contribution in [3.05, 3.63) is 10.1 Å². The maximum atomic E-state index is 9.85. The highest BCUT2D eigenvalue weighted by Gasteiger charge is 2.17. The highest BCUT2D eigenvalue weighted by atomic mass is 127. The van der Waals surface area contributed by atoms with E-state index in [1.165, 1.54) is 0 Å². The van der Waals surface area contributed by atoms with E-state index < -0.39 is 0 Å². The van der Waals surface area contributed by atoms with Gasteiger partial charge in [0.25, 0.3) is 0 Å². The molecule has 0 unspecified atom stereocenters. The van der Waals surface area contributed by atoms with Crippen LogP contribution < -0.4 is 0 Å². The topological polar surface area (TPSA) is 61.6 Å². The zero-order chi connectivity index (χ0) is 11.9. The molecule has 0 aromatic heterocycles. The van der Waals surface area contributed by atoms with Gasteiger partial charge in [-0.3, -0.25) is 10.1 Å². The molecule has 0 amide bonds. The third kappa shape index (κ3) is 15.5. The van der Waals surface area contributed by atoms with Crippen molar-refractivity contribution < 1.29 is 14.4 Å². The Balaban J connectivity index is 0.000000336. The average molecular weight is 555 g/mol. The summed E-state index contributed by atoms with van der Waals surface area (Å²) in [6.45, 7) is 3.18. The van der Waals surface area contributed by atoms with Crippen molar-refractivity contribution in [2.75, 3.05) is 19.8 Å². The minimum absolute atomic E-state index is 0.0787. The number of rotatable bonds is 3. The first kappa shape index (κ1) is 16.5. The summed E-state index contributed by atoms with van der Waals surface area (Å²) < 4.78 is 10.4. The molecule has 8 heteroatoms. The third-order valence-electron chi connectivity index (χ3n) is 1.24. The number of alkyl halides is 3. The van der Waals surface area contributed by atoms with Crippen molar-refractivity contribution in [3.63, 3.8) is 0 Å². The predicted molar refractivity (Wildman–Crippen MR) is 82.6 cm³/mol. The fourth-order valence-electron chi connectivity index (χ4n) is 0.785. The second-order valence-corrected chi connectivity index (χ2v) is 15.5. The Morgan fingerprint density at radius 3 is 2.13 bits per heavy atom. The van der Waals surface area contributed by atoms with E-state index in [1.54, 1.807) is 0 Å². The molecular weight excluding hydrogens is 543 g/mol. The molecule has 0 spiro atoms. The zero-order valence-electron chi connectivity index (χ0n) is 8.12. The highest BCUT2D eigenvalue weighted by molar-refractivity contribution is 14.3. The summed E-state index contributed by atoms with van der Waals surface area (Å²) in [6, 6.07) is 0. The lowest BCUT2D eigenvalue weighted by Crippen LogP contribution is -2.13. The molecule has 1 saturated heterocycles. The van der Waals surface area contributed by atoms with Crippen LogP contribution in [0.5, 0.6) is 0 Å². The number of nitrogens with zero attached hydrogens (tertiary/aromatic N) is 1. The van der Waals surface area contributed by atoms with Gasteiger partial charge >= 0.3 is 0 Å². The smallest absolute Gasteiger partial charge is 0.208 e. The second kappa shape index (κ2) is 8.58. The van der Waals surface area contributed by atoms with Crippen molar-refractivity contribution in [3.8, 4) is 0 Å². The summed E-state index contributed by atoms with van der Waals surface area (Å²) in [7, 11) is 0. The Morgan fingerprint density at radius 1 is 1.40 bits per heavy atom. The van der Waals surface area contributed by atoms with Crippen LogP contribution in [0.15, 0.2) is 0 Å². The zero-order valence-corrected chi connectivity index (χ0v) is 14.6. The second-order valence-electron chi connectivity index (χ2n) is 2.80. The van der Waals surface area contributed by atoms with Crippen LogP contribution >= 0.6 is 67.8 Å². The molecule has 0 aromatic carbocycles. The fourth-order valence-corrected chi connectivity index (χ4v) is 0.785. The van der Waals surface area contributed by atoms with Gasteiger partial charge in [-0.05, 0) is 6.92 Å². The summed E-state index contributed by atoms with van der Waals surface area (Å²) in [5, 5.41) is 9.85. The Bertz CT molecular complexity index is 185. The molecular formula is C7H12I3NO4. The van der Waals surface area contributed by atoms with Gasteiger partial charge < -0.3 is 9.47 Å². The first-order valence-electron chi connectivity index (χ1n) is 4.21. The number of ether oxygens (including phenoxy) is 2. The van der Waals surface area contributed by atoms with Gasteiger partial charge in [-0.15, -0.1) is 0 Å². The van der Waals surface area contributed by atoms with Crippen LogP contribution in [0.1, 0.15) is 13.3 Å². The Morgan fingerprint density at radius 2 is 1.80 bits per heavy atom. The molecule has 1 aliphatic heterocycles. The Labute approximate surface area is 130 Å². The van der Waals surface area contributed by atoms with Crippen LogP contribution in [0.3, 0.4) is 0 Å². The number of hydrogen-bond donors (Lipinski definition) is 0. The molecule has 1 fully saturated rings. The number of nitro groups is 1. The first-order valence-corrected chi connectivity index (χ1v) is 7.44. The monoisotopic (exact) mass is 555 g/mol. The molecule has 1 aliphatic rings. The maximum Gasteiger partial charge on any atom is 0.208 e. The predicted octanol–water partition coefficient (Wildman–Crippen LogP) is 2.99. The van der Waals surface area contributed by atoms with Crippen molar-refractivity contribution in [2.45, 2.75) is 19.1 Å². The van der Waals surface area contributed by atoms with E-state index in [0.29, 0.717) is 19.1 Å². The fraction of sp³-hybridized carbons (Fsp3) is 1.00. The van der Waals surface area contributed by atoms with E-state index in [1.807, 2.05) is 0 Å². The summed E-state index contributed by atoms with van der Waals surface area (Å²) in [5.74, 6) is 0. The molecule has 0 radical (unpaired) electrons. The van der Waals surface area contributed by atoms with Gasteiger partial charge in [-0.2, -0.15) is 0 Å². The first-order chi connectivity index (χ1) is 6.79. The summed E-state index contributed by atoms with van der Waals surface area (Å²) in [4.78, 5) is 9.48. The van der Waals surface area contributed by atoms with Gasteiger partial charge in [0.05, 0.1) is 19.6 Å². The van der Waals surface area contributed by atoms with Crippen molar-refractivity contribution in [2.24, 2.45) is 0 Å². The van der Waals surface area contributed by atoms with Crippen LogP contribution in [0.4, 0.5) is 0 Å². The summed E-state index contributed by atoms with van der Waals surface area (Å²) >= 11 is 7.05. The van der Waals surface area contributed by atoms with Crippen LogP contribution in [0.2, 0.25) is 0 Å². The van der Waals surface area contributed by atoms with E-state index in [9.17, 15) is 10.1 Å². The van der Waals surface area contributed by atoms with Crippen LogP contribution in [0.25, 0.3) is 0 Å². The van der Waals surface area contributed by atoms with Gasteiger partial charge in [0.2, 0.25) is 6.54 Å². The molecule has 5 nitrogen and oxygen atoms in total. The van der Waals surface area contributed by atoms with E-state index in [4.69, 9.17) is 9.47 Å². The average Bonchev–Trinajstić information content (AvgIpc) is 2.48. The lowest BCUT2D eigenvalue weighted by molar-refractivity contribution is -0.483. The van der Waals surface area contributed by atoms with Gasteiger partial charge in [-0.25, -0.2) is 0 Å². The molecule has 15 heavy (non-hydrogen) atoms. The molecule has 0 aromatic rings. The van der Waals surface area contributed by atoms with Gasteiger partial charge in [-0.1, -0.05) is 67.8 Å². The Kier molecular flexibility index (Phi) is 9.44. The molecule has 0 N–H and O–H groups in total. The van der Waals surface area contributed by atoms with Crippen LogP contribution in [-0.2, 0) is 9.47 Å². The normalized spacial score (nSPS) is 17.1. The van der Waals surface area contributed by atoms with Crippen LogP contribution in [0, 0.1) is 10.1 Å². The Hall–Kier alpha value is 1.51. The minimum Gasteiger partial charge on any atom is -0.350 e. The highest BCUT2D eigenvalue weighted by Crippen LogP contribution is 2.33. The van der Waals surface area contributed by atoms with Crippen molar-refractivity contribution in [1.29, 1.82) is 0 Å². The van der Waals surface area contributed by atoms with Crippen molar-refractivity contribution >= 4 is 67.8 Å². The van der Waals surface area contributed by atoms with Crippen LogP contribution in [-0.4, -0.2) is 30.4 Å². The molecule has 0 atom stereocenters. The van der Waals surface area contributed by atoms with Crippen molar-refractivity contribution in [1.82, 2.24) is 0 Å². The van der Waals surface area contributed by atoms with Gasteiger partial charge in [0, 0.05) is 4.92 Å². The third-order valence-corrected chi connectivity index (χ3v) is 1.24. The largest absolute Gasteiger partial charge is 0.350 e. The summed E-state index contributed by atoms with van der Waals surface area (Å²) in [5.41, 5.74) is 0. The number of hydrogen-bond acceptors (Lipinski definition) is 4. The lowest BCUT2D eigenvalue weighted by atomic mass is 10.4. The SMILES string of the molecule is CC(I)(I)I.O=[N+]([O-])CCC1OCCO1. The molecule has 90 valence electrons. The quantitative estimate of drug-likeness (QED) is 0.233. The molecule has 1 rings (SSSR count). The molecule has 0 saturated carbocycles. The molecule has 0 aliphatic carbocycles. The number of halogens is 3. The van der Waals surface area contributed by atoms with E-state index >= 15 is 0 Å². The lowest BCUT2D eigenvalue weighted by Gasteiger charge is -2.03. The van der Waals surface area contributed by atoms with Gasteiger partial charge in [0.1, 0.15) is -0.565 Å². The summed E-state index contributed by atoms with van der Waals surface area (Å²) in [6.07, 6.45) is 0.0119. The molecule has 1 heterocycles. The maximum absolute atomic E-state index is 9.85. The minimum atomic E-state index is -0.370. The van der Waals surface area contributed by atoms with Gasteiger partial charge in [0.15, 0.2) is 6.29 Å². The van der Waals surface area contributed by atoms with E-state index in [0.717, 1.165) is 0 Å². The standard InChI is InChI=1S/C5H9NO4.C2H3I3/c7-6(8)2-1-5-9-3-4-10-5;1-2(3,4)5/h5H,1-4H2;1H3. The van der Waals surface area contributed by atoms with E-state index in [2.05, 4.69) is 74.7 Å².